The third-order valence-corrected chi connectivity index (χ3v) is 3.46. The first kappa shape index (κ1) is 11.6. The van der Waals surface area contributed by atoms with Crippen molar-refractivity contribution in [1.29, 1.82) is 0 Å². The van der Waals surface area contributed by atoms with Crippen LogP contribution < -0.4 is 4.18 Å². The van der Waals surface area contributed by atoms with Crippen molar-refractivity contribution < 1.29 is 12.9 Å². The fraction of sp³-hybridized carbons (Fsp3) is 0.500. The quantitative estimate of drug-likeness (QED) is 0.825. The van der Waals surface area contributed by atoms with Crippen LogP contribution in [-0.2, 0) is 11.4 Å². The zero-order valence-corrected chi connectivity index (χ0v) is 9.91. The van der Waals surface area contributed by atoms with E-state index in [1.165, 1.54) is 37.7 Å². The van der Waals surface area contributed by atoms with E-state index in [9.17, 15) is 4.21 Å². The van der Waals surface area contributed by atoms with E-state index in [0.717, 1.165) is 0 Å². The second-order valence-corrected chi connectivity index (χ2v) is 4.81. The van der Waals surface area contributed by atoms with Crippen LogP contribution in [0.4, 0.5) is 0 Å². The largest absolute Gasteiger partial charge is 0.380 e. The van der Waals surface area contributed by atoms with Crippen molar-refractivity contribution in [1.82, 2.24) is 0 Å². The van der Waals surface area contributed by atoms with E-state index in [4.69, 9.17) is 4.55 Å². The Kier molecular flexibility index (Phi) is 3.96. The SMILES string of the molecule is O=S(O)Oc1ccc(C2CCCCC2)cc1. The summed E-state index contributed by atoms with van der Waals surface area (Å²) in [5.74, 6) is 1.10. The van der Waals surface area contributed by atoms with Gasteiger partial charge in [-0.1, -0.05) is 31.4 Å². The summed E-state index contributed by atoms with van der Waals surface area (Å²) in [4.78, 5) is 0. The summed E-state index contributed by atoms with van der Waals surface area (Å²) in [7, 11) is 0. The van der Waals surface area contributed by atoms with Gasteiger partial charge in [0.05, 0.1) is 0 Å². The maximum Gasteiger partial charge on any atom is 0.357 e. The Morgan fingerprint density at radius 1 is 1.12 bits per heavy atom. The molecular formula is C12H16O3S. The second kappa shape index (κ2) is 5.46. The molecule has 0 amide bonds. The normalized spacial score (nSPS) is 19.3. The number of rotatable bonds is 3. The monoisotopic (exact) mass is 240 g/mol. The molecule has 1 fully saturated rings. The van der Waals surface area contributed by atoms with E-state index in [-0.39, 0.29) is 0 Å². The molecule has 1 aliphatic carbocycles. The summed E-state index contributed by atoms with van der Waals surface area (Å²) in [5, 5.41) is 0. The fourth-order valence-electron chi connectivity index (χ4n) is 2.31. The molecule has 1 aromatic rings. The zero-order chi connectivity index (χ0) is 11.4. The van der Waals surface area contributed by atoms with Gasteiger partial charge in [-0.15, -0.1) is 0 Å². The van der Waals surface area contributed by atoms with Crippen molar-refractivity contribution in [3.63, 3.8) is 0 Å². The second-order valence-electron chi connectivity index (χ2n) is 4.20. The summed E-state index contributed by atoms with van der Waals surface area (Å²) >= 11 is -2.23. The van der Waals surface area contributed by atoms with Gasteiger partial charge in [0, 0.05) is 0 Å². The molecule has 1 aromatic carbocycles. The Labute approximate surface area is 98.3 Å². The van der Waals surface area contributed by atoms with Gasteiger partial charge in [-0.25, -0.2) is 0 Å². The van der Waals surface area contributed by atoms with Crippen LogP contribution in [0.25, 0.3) is 0 Å². The first-order chi connectivity index (χ1) is 7.75. The number of hydrogen-bond donors (Lipinski definition) is 1. The van der Waals surface area contributed by atoms with E-state index in [1.54, 1.807) is 12.1 Å². The van der Waals surface area contributed by atoms with Crippen LogP contribution >= 0.6 is 0 Å². The first-order valence-electron chi connectivity index (χ1n) is 5.65. The van der Waals surface area contributed by atoms with Gasteiger partial charge in [0.25, 0.3) is 0 Å². The van der Waals surface area contributed by atoms with Crippen LogP contribution in [-0.4, -0.2) is 8.76 Å². The molecule has 0 saturated heterocycles. The van der Waals surface area contributed by atoms with Crippen molar-refractivity contribution in [3.8, 4) is 5.75 Å². The molecule has 2 rings (SSSR count). The molecule has 1 aliphatic rings. The molecule has 88 valence electrons. The van der Waals surface area contributed by atoms with Gasteiger partial charge in [0.2, 0.25) is 0 Å². The lowest BCUT2D eigenvalue weighted by Gasteiger charge is -2.21. The highest BCUT2D eigenvalue weighted by Crippen LogP contribution is 2.33. The van der Waals surface area contributed by atoms with E-state index in [0.29, 0.717) is 11.7 Å². The Balaban J connectivity index is 2.03. The molecule has 0 aliphatic heterocycles. The predicted molar refractivity (Wildman–Crippen MR) is 63.7 cm³/mol. The third kappa shape index (κ3) is 3.06. The summed E-state index contributed by atoms with van der Waals surface area (Å²) < 4.78 is 23.7. The van der Waals surface area contributed by atoms with Gasteiger partial charge in [-0.05, 0) is 36.5 Å². The van der Waals surface area contributed by atoms with Crippen LogP contribution in [0.15, 0.2) is 24.3 Å². The summed E-state index contributed by atoms with van der Waals surface area (Å²) in [5.41, 5.74) is 1.32. The lowest BCUT2D eigenvalue weighted by molar-refractivity contribution is 0.442. The summed E-state index contributed by atoms with van der Waals surface area (Å²) in [6.07, 6.45) is 6.48. The van der Waals surface area contributed by atoms with Crippen molar-refractivity contribution in [2.24, 2.45) is 0 Å². The Morgan fingerprint density at radius 2 is 1.75 bits per heavy atom. The average molecular weight is 240 g/mol. The molecule has 0 heterocycles. The fourth-order valence-corrected chi connectivity index (χ4v) is 2.59. The van der Waals surface area contributed by atoms with Crippen molar-refractivity contribution in [2.75, 3.05) is 0 Å². The average Bonchev–Trinajstić information content (AvgIpc) is 2.30. The maximum absolute atomic E-state index is 10.4. The first-order valence-corrected chi connectivity index (χ1v) is 6.68. The summed E-state index contributed by atoms with van der Waals surface area (Å²) in [6.45, 7) is 0. The topological polar surface area (TPSA) is 46.5 Å². The molecule has 4 heteroatoms. The van der Waals surface area contributed by atoms with E-state index < -0.39 is 11.4 Å². The lowest BCUT2D eigenvalue weighted by atomic mass is 9.84. The van der Waals surface area contributed by atoms with Crippen molar-refractivity contribution >= 4 is 11.4 Å². The van der Waals surface area contributed by atoms with E-state index in [1.807, 2.05) is 12.1 Å². The van der Waals surface area contributed by atoms with Crippen molar-refractivity contribution in [2.45, 2.75) is 38.0 Å². The van der Waals surface area contributed by atoms with Gasteiger partial charge in [-0.3, -0.25) is 4.55 Å². The number of hydrogen-bond acceptors (Lipinski definition) is 2. The highest BCUT2D eigenvalue weighted by molar-refractivity contribution is 7.74. The third-order valence-electron chi connectivity index (χ3n) is 3.12. The molecule has 0 radical (unpaired) electrons. The van der Waals surface area contributed by atoms with Gasteiger partial charge in [-0.2, -0.15) is 4.21 Å². The standard InChI is InChI=1S/C12H16O3S/c13-16(14)15-12-8-6-11(7-9-12)10-4-2-1-3-5-10/h6-10H,1-5H2,(H,13,14). The molecule has 16 heavy (non-hydrogen) atoms. The maximum atomic E-state index is 10.4. The minimum atomic E-state index is -2.23. The Hall–Kier alpha value is -0.870. The van der Waals surface area contributed by atoms with Crippen LogP contribution in [0.3, 0.4) is 0 Å². The minimum absolute atomic E-state index is 0.445. The van der Waals surface area contributed by atoms with Crippen LogP contribution in [0.1, 0.15) is 43.6 Å². The molecule has 0 spiro atoms. The van der Waals surface area contributed by atoms with Gasteiger partial charge >= 0.3 is 11.4 Å². The van der Waals surface area contributed by atoms with Crippen LogP contribution in [0.2, 0.25) is 0 Å². The molecule has 1 atom stereocenters. The molecule has 1 unspecified atom stereocenters. The molecule has 0 bridgehead atoms. The smallest absolute Gasteiger partial charge is 0.357 e. The van der Waals surface area contributed by atoms with Gasteiger partial charge in [0.15, 0.2) is 0 Å². The molecule has 1 N–H and O–H groups in total. The Bertz CT molecular complexity index is 355. The minimum Gasteiger partial charge on any atom is -0.380 e. The Morgan fingerprint density at radius 3 is 2.31 bits per heavy atom. The van der Waals surface area contributed by atoms with Crippen LogP contribution in [0, 0.1) is 0 Å². The highest BCUT2D eigenvalue weighted by atomic mass is 32.2. The van der Waals surface area contributed by atoms with E-state index in [2.05, 4.69) is 4.18 Å². The lowest BCUT2D eigenvalue weighted by Crippen LogP contribution is -2.04. The molecule has 0 aromatic heterocycles. The van der Waals surface area contributed by atoms with Gasteiger partial charge < -0.3 is 4.18 Å². The highest BCUT2D eigenvalue weighted by Gasteiger charge is 2.15. The van der Waals surface area contributed by atoms with Crippen LogP contribution in [0.5, 0.6) is 5.75 Å². The molecule has 3 nitrogen and oxygen atoms in total. The van der Waals surface area contributed by atoms with E-state index >= 15 is 0 Å². The molecule has 1 saturated carbocycles. The molecular weight excluding hydrogens is 224 g/mol. The van der Waals surface area contributed by atoms with Crippen molar-refractivity contribution in [3.05, 3.63) is 29.8 Å². The zero-order valence-electron chi connectivity index (χ0n) is 9.09. The summed E-state index contributed by atoms with van der Waals surface area (Å²) in [6, 6.07) is 7.52. The number of benzene rings is 1. The van der Waals surface area contributed by atoms with Gasteiger partial charge in [0.1, 0.15) is 5.75 Å². The predicted octanol–water partition coefficient (Wildman–Crippen LogP) is 3.25.